The average Bonchev–Trinajstić information content (AvgIpc) is 2.97. The fourth-order valence-electron chi connectivity index (χ4n) is 3.08. The van der Waals surface area contributed by atoms with Crippen LogP contribution in [0.1, 0.15) is 29.5 Å². The first-order valence-corrected chi connectivity index (χ1v) is 7.71. The molecule has 0 saturated carbocycles. The number of furan rings is 1. The van der Waals surface area contributed by atoms with Gasteiger partial charge in [0.25, 0.3) is 0 Å². The fourth-order valence-corrected chi connectivity index (χ4v) is 3.08. The van der Waals surface area contributed by atoms with Gasteiger partial charge in [-0.2, -0.15) is 0 Å². The number of aromatic nitrogens is 1. The Labute approximate surface area is 136 Å². The number of fused-ring (bicyclic) bond motifs is 1. The van der Waals surface area contributed by atoms with Crippen molar-refractivity contribution >= 4 is 35.7 Å². The number of aryl methyl sites for hydroxylation is 2. The lowest BCUT2D eigenvalue weighted by Gasteiger charge is -1.99. The number of hydrogen-bond acceptors (Lipinski definition) is 1. The Bertz CT molecular complexity index is 1030. The van der Waals surface area contributed by atoms with Gasteiger partial charge in [0, 0.05) is 40.4 Å². The van der Waals surface area contributed by atoms with E-state index in [-0.39, 0.29) is 0 Å². The van der Waals surface area contributed by atoms with Gasteiger partial charge >= 0.3 is 0 Å². The molecule has 0 fully saturated rings. The Balaban J connectivity index is 2.35. The SMILES string of the molecule is C=Cc1c(/C=c2/oc(C)c(/C=C\C)c2=C)n(C)c2ccccc12. The summed E-state index contributed by atoms with van der Waals surface area (Å²) in [6.07, 6.45) is 8.00. The number of para-hydroxylation sites is 1. The van der Waals surface area contributed by atoms with E-state index in [0.717, 1.165) is 33.2 Å². The quantitative estimate of drug-likeness (QED) is 0.715. The molecule has 3 aromatic rings. The molecule has 0 N–H and O–H groups in total. The molecule has 0 bridgehead atoms. The summed E-state index contributed by atoms with van der Waals surface area (Å²) in [6.45, 7) is 12.1. The Morgan fingerprint density at radius 1 is 1.17 bits per heavy atom. The molecule has 0 aliphatic rings. The first-order chi connectivity index (χ1) is 11.1. The van der Waals surface area contributed by atoms with Crippen molar-refractivity contribution in [2.24, 2.45) is 7.05 Å². The highest BCUT2D eigenvalue weighted by atomic mass is 16.3. The van der Waals surface area contributed by atoms with E-state index in [1.54, 1.807) is 0 Å². The molecule has 0 unspecified atom stereocenters. The molecule has 0 radical (unpaired) electrons. The van der Waals surface area contributed by atoms with E-state index >= 15 is 0 Å². The van der Waals surface area contributed by atoms with E-state index in [4.69, 9.17) is 4.42 Å². The van der Waals surface area contributed by atoms with Gasteiger partial charge in [-0.25, -0.2) is 0 Å². The molecule has 116 valence electrons. The Hall–Kier alpha value is -2.74. The van der Waals surface area contributed by atoms with E-state index in [1.165, 1.54) is 10.9 Å². The fraction of sp³-hybridized carbons (Fsp3) is 0.143. The van der Waals surface area contributed by atoms with Gasteiger partial charge in [0.15, 0.2) is 0 Å². The van der Waals surface area contributed by atoms with Gasteiger partial charge in [-0.3, -0.25) is 0 Å². The first-order valence-electron chi connectivity index (χ1n) is 7.71. The molecule has 0 amide bonds. The molecule has 0 atom stereocenters. The van der Waals surface area contributed by atoms with Crippen LogP contribution in [-0.4, -0.2) is 4.57 Å². The van der Waals surface area contributed by atoms with Crippen molar-refractivity contribution in [2.45, 2.75) is 13.8 Å². The predicted molar refractivity (Wildman–Crippen MR) is 99.5 cm³/mol. The maximum atomic E-state index is 5.94. The predicted octanol–water partition coefficient (Wildman–Crippen LogP) is 3.99. The Morgan fingerprint density at radius 3 is 2.61 bits per heavy atom. The van der Waals surface area contributed by atoms with Crippen LogP contribution in [0.3, 0.4) is 0 Å². The van der Waals surface area contributed by atoms with Crippen LogP contribution < -0.4 is 10.6 Å². The van der Waals surface area contributed by atoms with Crippen LogP contribution >= 0.6 is 0 Å². The van der Waals surface area contributed by atoms with Gasteiger partial charge in [-0.15, -0.1) is 0 Å². The molecule has 0 spiro atoms. The monoisotopic (exact) mass is 303 g/mol. The van der Waals surface area contributed by atoms with Gasteiger partial charge in [0.05, 0.1) is 5.69 Å². The molecule has 0 aliphatic carbocycles. The topological polar surface area (TPSA) is 18.1 Å². The van der Waals surface area contributed by atoms with Crippen LogP contribution in [0.4, 0.5) is 0 Å². The van der Waals surface area contributed by atoms with Crippen molar-refractivity contribution in [1.82, 2.24) is 4.57 Å². The molecule has 2 nitrogen and oxygen atoms in total. The van der Waals surface area contributed by atoms with Crippen molar-refractivity contribution in [3.63, 3.8) is 0 Å². The van der Waals surface area contributed by atoms with Gasteiger partial charge in [-0.1, -0.05) is 49.6 Å². The van der Waals surface area contributed by atoms with Crippen molar-refractivity contribution < 1.29 is 4.42 Å². The van der Waals surface area contributed by atoms with E-state index in [2.05, 4.69) is 43.0 Å². The number of rotatable bonds is 3. The number of benzene rings is 1. The van der Waals surface area contributed by atoms with Crippen molar-refractivity contribution in [1.29, 1.82) is 0 Å². The largest absolute Gasteiger partial charge is 0.461 e. The zero-order valence-corrected chi connectivity index (χ0v) is 13.9. The molecular weight excluding hydrogens is 282 g/mol. The highest BCUT2D eigenvalue weighted by molar-refractivity contribution is 5.93. The first kappa shape index (κ1) is 15.2. The normalized spacial score (nSPS) is 12.6. The van der Waals surface area contributed by atoms with Gasteiger partial charge in [0.2, 0.25) is 0 Å². The Kier molecular flexibility index (Phi) is 3.83. The van der Waals surface area contributed by atoms with E-state index < -0.39 is 0 Å². The molecule has 1 aromatic carbocycles. The zero-order valence-electron chi connectivity index (χ0n) is 13.9. The highest BCUT2D eigenvalue weighted by Gasteiger charge is 2.11. The van der Waals surface area contributed by atoms with Crippen molar-refractivity contribution in [3.8, 4) is 0 Å². The maximum absolute atomic E-state index is 5.94. The van der Waals surface area contributed by atoms with Crippen LogP contribution in [0.15, 0.2) is 41.3 Å². The summed E-state index contributed by atoms with van der Waals surface area (Å²) in [5.74, 6) is 0.887. The molecule has 0 aliphatic heterocycles. The van der Waals surface area contributed by atoms with Gasteiger partial charge < -0.3 is 8.98 Å². The van der Waals surface area contributed by atoms with E-state index in [1.807, 2.05) is 44.2 Å². The van der Waals surface area contributed by atoms with Gasteiger partial charge in [-0.05, 0) is 19.9 Å². The molecule has 2 heterocycles. The minimum atomic E-state index is 0.796. The van der Waals surface area contributed by atoms with Crippen molar-refractivity contribution in [2.75, 3.05) is 0 Å². The van der Waals surface area contributed by atoms with Crippen LogP contribution in [0.5, 0.6) is 0 Å². The van der Waals surface area contributed by atoms with Crippen molar-refractivity contribution in [3.05, 3.63) is 70.1 Å². The highest BCUT2D eigenvalue weighted by Crippen LogP contribution is 2.26. The number of nitrogens with zero attached hydrogens (tertiary/aromatic N) is 1. The average molecular weight is 303 g/mol. The minimum absolute atomic E-state index is 0.796. The second-order valence-corrected chi connectivity index (χ2v) is 5.64. The minimum Gasteiger partial charge on any atom is -0.461 e. The Morgan fingerprint density at radius 2 is 1.91 bits per heavy atom. The summed E-state index contributed by atoms with van der Waals surface area (Å²) in [5, 5.41) is 2.11. The second kappa shape index (κ2) is 5.81. The smallest absolute Gasteiger partial charge is 0.136 e. The lowest BCUT2D eigenvalue weighted by molar-refractivity contribution is 0.500. The summed E-state index contributed by atoms with van der Waals surface area (Å²) in [5.41, 5.74) is 5.22. The second-order valence-electron chi connectivity index (χ2n) is 5.64. The van der Waals surface area contributed by atoms with Crippen LogP contribution in [0.25, 0.3) is 35.7 Å². The third-order valence-electron chi connectivity index (χ3n) is 4.26. The number of hydrogen-bond donors (Lipinski definition) is 0. The summed E-state index contributed by atoms with van der Waals surface area (Å²) in [4.78, 5) is 0. The lowest BCUT2D eigenvalue weighted by Crippen LogP contribution is -2.20. The molecule has 2 aromatic heterocycles. The summed E-state index contributed by atoms with van der Waals surface area (Å²) < 4.78 is 8.10. The van der Waals surface area contributed by atoms with Crippen LogP contribution in [0, 0.1) is 6.92 Å². The van der Waals surface area contributed by atoms with Crippen LogP contribution in [0.2, 0.25) is 0 Å². The maximum Gasteiger partial charge on any atom is 0.136 e. The molecule has 2 heteroatoms. The van der Waals surface area contributed by atoms with E-state index in [9.17, 15) is 0 Å². The summed E-state index contributed by atoms with van der Waals surface area (Å²) in [6, 6.07) is 8.33. The third-order valence-corrected chi connectivity index (χ3v) is 4.26. The molecule has 0 saturated heterocycles. The summed E-state index contributed by atoms with van der Waals surface area (Å²) >= 11 is 0. The van der Waals surface area contributed by atoms with Crippen LogP contribution in [-0.2, 0) is 7.05 Å². The third kappa shape index (κ3) is 2.36. The summed E-state index contributed by atoms with van der Waals surface area (Å²) in [7, 11) is 2.06. The molecular formula is C21H21NO. The standard InChI is InChI=1S/C21H21NO/c1-6-10-17-14(3)21(23-15(17)4)13-20-16(7-2)18-11-8-9-12-19(18)22(20)5/h6-13H,2-3H2,1,4-5H3/b10-6-,21-13+. The van der Waals surface area contributed by atoms with Gasteiger partial charge in [0.1, 0.15) is 11.2 Å². The lowest BCUT2D eigenvalue weighted by atomic mass is 10.1. The van der Waals surface area contributed by atoms with E-state index in [0.29, 0.717) is 0 Å². The molecule has 23 heavy (non-hydrogen) atoms. The number of allylic oxidation sites excluding steroid dienone is 1. The zero-order chi connectivity index (χ0) is 16.6. The molecule has 3 rings (SSSR count).